The lowest BCUT2D eigenvalue weighted by Gasteiger charge is -2.57. The number of carbonyl (C=O) groups is 2. The van der Waals surface area contributed by atoms with E-state index >= 15 is 0 Å². The average molecular weight is 379 g/mol. The molecule has 1 aromatic rings. The number of hydrogen-bond acceptors (Lipinski definition) is 2. The van der Waals surface area contributed by atoms with Crippen molar-refractivity contribution < 1.29 is 9.59 Å². The normalized spacial score (nSPS) is 38.9. The van der Waals surface area contributed by atoms with Crippen LogP contribution in [0.25, 0.3) is 0 Å². The largest absolute Gasteiger partial charge is 0.339 e. The van der Waals surface area contributed by atoms with E-state index in [9.17, 15) is 9.59 Å². The Morgan fingerprint density at radius 1 is 0.964 bits per heavy atom. The van der Waals surface area contributed by atoms with Gasteiger partial charge >= 0.3 is 0 Å². The van der Waals surface area contributed by atoms with Gasteiger partial charge in [-0.2, -0.15) is 0 Å². The molecule has 4 heteroatoms. The smallest absolute Gasteiger partial charge is 0.229 e. The molecule has 0 aromatic heterocycles. The van der Waals surface area contributed by atoms with Crippen LogP contribution in [0.3, 0.4) is 0 Å². The molecule has 1 N–H and O–H groups in total. The first-order valence-electron chi connectivity index (χ1n) is 11.3. The third-order valence-electron chi connectivity index (χ3n) is 8.32. The third kappa shape index (κ3) is 2.79. The van der Waals surface area contributed by atoms with E-state index in [1.54, 1.807) is 0 Å². The second-order valence-electron chi connectivity index (χ2n) is 10.4. The molecule has 1 atom stereocenters. The van der Waals surface area contributed by atoms with Crippen molar-refractivity contribution in [3.05, 3.63) is 29.8 Å². The number of likely N-dealkylation sites (tertiary alicyclic amines) is 1. The summed E-state index contributed by atoms with van der Waals surface area (Å²) in [6.45, 7) is 0.598. The molecule has 1 heterocycles. The van der Waals surface area contributed by atoms with Crippen molar-refractivity contribution in [3.63, 3.8) is 0 Å². The van der Waals surface area contributed by atoms with E-state index in [-0.39, 0.29) is 17.7 Å². The summed E-state index contributed by atoms with van der Waals surface area (Å²) in [6.07, 6.45) is 11.1. The van der Waals surface area contributed by atoms with Crippen LogP contribution >= 0.6 is 0 Å². The number of nitrogens with zero attached hydrogens (tertiary/aromatic N) is 1. The maximum atomic E-state index is 12.7. The highest BCUT2D eigenvalue weighted by atomic mass is 16.2. The van der Waals surface area contributed by atoms with Crippen LogP contribution in [0.2, 0.25) is 0 Å². The molecular formula is C24H30N2O2. The van der Waals surface area contributed by atoms with Gasteiger partial charge in [-0.1, -0.05) is 12.1 Å². The minimum Gasteiger partial charge on any atom is -0.339 e. The first-order chi connectivity index (χ1) is 13.6. The van der Waals surface area contributed by atoms with Gasteiger partial charge in [0, 0.05) is 24.7 Å². The van der Waals surface area contributed by atoms with Crippen molar-refractivity contribution >= 4 is 17.5 Å². The fourth-order valence-corrected chi connectivity index (χ4v) is 7.26. The van der Waals surface area contributed by atoms with E-state index in [1.165, 1.54) is 44.1 Å². The van der Waals surface area contributed by atoms with Crippen LogP contribution < -0.4 is 5.32 Å². The first-order valence-corrected chi connectivity index (χ1v) is 11.3. The van der Waals surface area contributed by atoms with E-state index in [4.69, 9.17) is 0 Å². The maximum Gasteiger partial charge on any atom is 0.229 e. The molecular weight excluding hydrogens is 348 g/mol. The first kappa shape index (κ1) is 17.1. The van der Waals surface area contributed by atoms with Crippen molar-refractivity contribution in [3.8, 4) is 0 Å². The molecule has 0 radical (unpaired) electrons. The minimum absolute atomic E-state index is 0.000875. The predicted octanol–water partition coefficient (Wildman–Crippen LogP) is 4.10. The van der Waals surface area contributed by atoms with E-state index < -0.39 is 0 Å². The summed E-state index contributed by atoms with van der Waals surface area (Å²) in [4.78, 5) is 26.7. The van der Waals surface area contributed by atoms with Crippen molar-refractivity contribution in [2.75, 3.05) is 11.9 Å². The summed E-state index contributed by atoms with van der Waals surface area (Å²) >= 11 is 0. The molecule has 5 aliphatic carbocycles. The zero-order valence-electron chi connectivity index (χ0n) is 16.5. The van der Waals surface area contributed by atoms with Crippen molar-refractivity contribution in [2.24, 2.45) is 23.7 Å². The Morgan fingerprint density at radius 2 is 1.57 bits per heavy atom. The summed E-state index contributed by atoms with van der Waals surface area (Å²) in [5.74, 6) is 2.79. The Hall–Kier alpha value is -1.84. The van der Waals surface area contributed by atoms with E-state index in [1.807, 2.05) is 4.90 Å². The second-order valence-corrected chi connectivity index (χ2v) is 10.4. The Morgan fingerprint density at radius 3 is 2.14 bits per heavy atom. The number of nitrogens with one attached hydrogen (secondary N) is 1. The number of hydrogen-bond donors (Lipinski definition) is 1. The Balaban J connectivity index is 1.14. The highest BCUT2D eigenvalue weighted by molar-refractivity contribution is 5.97. The van der Waals surface area contributed by atoms with Gasteiger partial charge in [-0.15, -0.1) is 0 Å². The van der Waals surface area contributed by atoms with Crippen LogP contribution in [0.4, 0.5) is 5.69 Å². The van der Waals surface area contributed by atoms with Gasteiger partial charge in [-0.25, -0.2) is 0 Å². The molecule has 1 saturated heterocycles. The molecule has 7 rings (SSSR count). The van der Waals surface area contributed by atoms with Gasteiger partial charge in [0.15, 0.2) is 0 Å². The van der Waals surface area contributed by atoms with Gasteiger partial charge in [0.05, 0.1) is 5.92 Å². The van der Waals surface area contributed by atoms with Crippen LogP contribution in [0.1, 0.15) is 63.4 Å². The average Bonchev–Trinajstić information content (AvgIpc) is 3.43. The summed E-state index contributed by atoms with van der Waals surface area (Å²) in [5, 5.41) is 3.07. The van der Waals surface area contributed by atoms with Gasteiger partial charge in [-0.05, 0) is 92.2 Å². The van der Waals surface area contributed by atoms with Gasteiger partial charge in [-0.3, -0.25) is 9.59 Å². The van der Waals surface area contributed by atoms with Gasteiger partial charge in [0.1, 0.15) is 0 Å². The SMILES string of the molecule is O=C(Nc1ccc(C23CC4CC(CC(C4)C2)C3)cc1)C1CC(=O)N(C2CC2)C1. The zero-order chi connectivity index (χ0) is 18.9. The fourth-order valence-electron chi connectivity index (χ4n) is 7.26. The van der Waals surface area contributed by atoms with Gasteiger partial charge in [0.2, 0.25) is 11.8 Å². The zero-order valence-corrected chi connectivity index (χ0v) is 16.5. The molecule has 6 aliphatic rings. The molecule has 4 nitrogen and oxygen atoms in total. The monoisotopic (exact) mass is 378 g/mol. The fraction of sp³-hybridized carbons (Fsp3) is 0.667. The lowest BCUT2D eigenvalue weighted by molar-refractivity contribution is -0.128. The summed E-state index contributed by atoms with van der Waals surface area (Å²) in [7, 11) is 0. The summed E-state index contributed by atoms with van der Waals surface area (Å²) < 4.78 is 0. The minimum atomic E-state index is -0.198. The molecule has 0 spiro atoms. The molecule has 6 fully saturated rings. The molecule has 148 valence electrons. The number of amides is 2. The van der Waals surface area contributed by atoms with Crippen LogP contribution in [-0.4, -0.2) is 29.3 Å². The van der Waals surface area contributed by atoms with E-state index in [2.05, 4.69) is 29.6 Å². The Labute approximate surface area is 167 Å². The van der Waals surface area contributed by atoms with Crippen LogP contribution in [0.15, 0.2) is 24.3 Å². The van der Waals surface area contributed by atoms with E-state index in [0.29, 0.717) is 24.4 Å². The predicted molar refractivity (Wildman–Crippen MR) is 108 cm³/mol. The molecule has 5 saturated carbocycles. The second kappa shape index (κ2) is 6.08. The third-order valence-corrected chi connectivity index (χ3v) is 8.32. The number of anilines is 1. The van der Waals surface area contributed by atoms with Crippen molar-refractivity contribution in [1.29, 1.82) is 0 Å². The number of carbonyl (C=O) groups excluding carboxylic acids is 2. The van der Waals surface area contributed by atoms with Crippen LogP contribution in [0, 0.1) is 23.7 Å². The Bertz CT molecular complexity index is 775. The van der Waals surface area contributed by atoms with Crippen LogP contribution in [-0.2, 0) is 15.0 Å². The molecule has 2 amide bonds. The van der Waals surface area contributed by atoms with Gasteiger partial charge < -0.3 is 10.2 Å². The van der Waals surface area contributed by atoms with Gasteiger partial charge in [0.25, 0.3) is 0 Å². The highest BCUT2D eigenvalue weighted by Gasteiger charge is 2.51. The van der Waals surface area contributed by atoms with Crippen molar-refractivity contribution in [2.45, 2.75) is 69.2 Å². The summed E-state index contributed by atoms with van der Waals surface area (Å²) in [6, 6.07) is 9.10. The lowest BCUT2D eigenvalue weighted by Crippen LogP contribution is -2.48. The molecule has 1 aliphatic heterocycles. The summed E-state index contributed by atoms with van der Waals surface area (Å²) in [5.41, 5.74) is 2.76. The Kier molecular flexibility index (Phi) is 3.70. The molecule has 28 heavy (non-hydrogen) atoms. The van der Waals surface area contributed by atoms with E-state index in [0.717, 1.165) is 36.3 Å². The number of benzene rings is 1. The maximum absolute atomic E-state index is 12.7. The topological polar surface area (TPSA) is 49.4 Å². The van der Waals surface area contributed by atoms with Crippen molar-refractivity contribution in [1.82, 2.24) is 4.90 Å². The van der Waals surface area contributed by atoms with Crippen LogP contribution in [0.5, 0.6) is 0 Å². The standard InChI is InChI=1S/C24H30N2O2/c27-22-10-18(14-26(22)21-5-6-21)23(28)25-20-3-1-19(2-4-20)24-11-15-7-16(12-24)9-17(8-15)13-24/h1-4,15-18,21H,5-14H2,(H,25,28). The quantitative estimate of drug-likeness (QED) is 0.857. The molecule has 1 unspecified atom stereocenters. The molecule has 1 aromatic carbocycles. The lowest BCUT2D eigenvalue weighted by atomic mass is 9.48. The highest BCUT2D eigenvalue weighted by Crippen LogP contribution is 2.60. The number of rotatable bonds is 4. The molecule has 4 bridgehead atoms.